The van der Waals surface area contributed by atoms with E-state index < -0.39 is 17.7 Å². The molecule has 0 spiro atoms. The molecule has 1 N–H and O–H groups in total. The fourth-order valence-corrected chi connectivity index (χ4v) is 3.15. The maximum absolute atomic E-state index is 12.3. The van der Waals surface area contributed by atoms with Crippen LogP contribution >= 0.6 is 15.9 Å². The SMILES string of the molecule is CC(C)(C)OC(=O)NCCCCCC(=O)OCC(=O)c1ccc2cc(Br)ccc2c1. The highest BCUT2D eigenvalue weighted by molar-refractivity contribution is 9.10. The molecule has 0 saturated carbocycles. The van der Waals surface area contributed by atoms with Crippen molar-refractivity contribution in [3.8, 4) is 0 Å². The minimum atomic E-state index is -0.519. The number of nitrogens with one attached hydrogen (secondary N) is 1. The number of carbonyl (C=O) groups excluding carboxylic acids is 3. The molecule has 1 amide bonds. The van der Waals surface area contributed by atoms with E-state index in [1.165, 1.54) is 0 Å². The summed E-state index contributed by atoms with van der Waals surface area (Å²) < 4.78 is 11.2. The highest BCUT2D eigenvalue weighted by atomic mass is 79.9. The highest BCUT2D eigenvalue weighted by Gasteiger charge is 2.15. The van der Waals surface area contributed by atoms with E-state index in [4.69, 9.17) is 9.47 Å². The van der Waals surface area contributed by atoms with Crippen LogP contribution < -0.4 is 5.32 Å². The number of fused-ring (bicyclic) bond motifs is 1. The number of unbranched alkanes of at least 4 members (excludes halogenated alkanes) is 2. The summed E-state index contributed by atoms with van der Waals surface area (Å²) in [4.78, 5) is 35.7. The summed E-state index contributed by atoms with van der Waals surface area (Å²) in [5.74, 6) is -0.622. The Bertz CT molecular complexity index is 904. The van der Waals surface area contributed by atoms with Gasteiger partial charge in [0.25, 0.3) is 0 Å². The van der Waals surface area contributed by atoms with Crippen LogP contribution in [0.25, 0.3) is 10.8 Å². The van der Waals surface area contributed by atoms with Crippen LogP contribution in [0.15, 0.2) is 40.9 Å². The molecule has 0 unspecified atom stereocenters. The fraction of sp³-hybridized carbons (Fsp3) is 0.435. The molecule has 0 aliphatic carbocycles. The number of amides is 1. The number of benzene rings is 2. The van der Waals surface area contributed by atoms with E-state index in [1.54, 1.807) is 12.1 Å². The Labute approximate surface area is 185 Å². The number of Topliss-reactive ketones (excluding diaryl/α,β-unsaturated/α-hetero) is 1. The van der Waals surface area contributed by atoms with Crippen molar-refractivity contribution in [2.24, 2.45) is 0 Å². The van der Waals surface area contributed by atoms with E-state index in [1.807, 2.05) is 45.0 Å². The summed E-state index contributed by atoms with van der Waals surface area (Å²) in [7, 11) is 0. The molecule has 7 heteroatoms. The van der Waals surface area contributed by atoms with E-state index in [9.17, 15) is 14.4 Å². The van der Waals surface area contributed by atoms with Gasteiger partial charge in [0.05, 0.1) is 0 Å². The van der Waals surface area contributed by atoms with Gasteiger partial charge in [0.2, 0.25) is 0 Å². The van der Waals surface area contributed by atoms with Gasteiger partial charge in [0.15, 0.2) is 12.4 Å². The second-order valence-corrected chi connectivity index (χ2v) is 8.95. The van der Waals surface area contributed by atoms with E-state index in [2.05, 4.69) is 21.2 Å². The van der Waals surface area contributed by atoms with Gasteiger partial charge in [-0.3, -0.25) is 9.59 Å². The summed E-state index contributed by atoms with van der Waals surface area (Å²) in [5, 5.41) is 4.66. The third kappa shape index (κ3) is 8.53. The van der Waals surface area contributed by atoms with Gasteiger partial charge in [-0.25, -0.2) is 4.79 Å². The number of alkyl carbamates (subject to hydrolysis) is 1. The molecule has 2 aromatic carbocycles. The first-order valence-electron chi connectivity index (χ1n) is 9.99. The number of halogens is 1. The molecule has 0 aliphatic heterocycles. The molecule has 30 heavy (non-hydrogen) atoms. The first kappa shape index (κ1) is 23.9. The summed E-state index contributed by atoms with van der Waals surface area (Å²) >= 11 is 3.42. The average Bonchev–Trinajstić information content (AvgIpc) is 2.67. The molecular formula is C23H28BrNO5. The topological polar surface area (TPSA) is 81.7 Å². The first-order chi connectivity index (χ1) is 14.1. The standard InChI is InChI=1S/C23H28BrNO5/c1-23(2,3)30-22(28)25-12-6-4-5-7-21(27)29-15-20(26)18-9-8-17-14-19(24)11-10-16(17)13-18/h8-11,13-14H,4-7,12,15H2,1-3H3,(H,25,28). The van der Waals surface area contributed by atoms with Crippen molar-refractivity contribution in [2.75, 3.05) is 13.2 Å². The maximum atomic E-state index is 12.3. The Morgan fingerprint density at radius 2 is 1.67 bits per heavy atom. The van der Waals surface area contributed by atoms with Gasteiger partial charge in [0.1, 0.15) is 5.60 Å². The van der Waals surface area contributed by atoms with Gasteiger partial charge in [-0.1, -0.05) is 40.5 Å². The summed E-state index contributed by atoms with van der Waals surface area (Å²) in [6, 6.07) is 11.2. The van der Waals surface area contributed by atoms with Crippen molar-refractivity contribution < 1.29 is 23.9 Å². The average molecular weight is 478 g/mol. The second kappa shape index (κ2) is 11.1. The molecule has 0 atom stereocenters. The zero-order chi connectivity index (χ0) is 22.1. The van der Waals surface area contributed by atoms with E-state index in [0.717, 1.165) is 28.1 Å². The van der Waals surface area contributed by atoms with Crippen molar-refractivity contribution >= 4 is 44.5 Å². The van der Waals surface area contributed by atoms with Gasteiger partial charge in [-0.15, -0.1) is 0 Å². The van der Waals surface area contributed by atoms with Crippen molar-refractivity contribution in [1.82, 2.24) is 5.32 Å². The largest absolute Gasteiger partial charge is 0.457 e. The Morgan fingerprint density at radius 3 is 2.40 bits per heavy atom. The van der Waals surface area contributed by atoms with Crippen LogP contribution in [-0.4, -0.2) is 36.6 Å². The number of ether oxygens (including phenoxy) is 2. The van der Waals surface area contributed by atoms with E-state index in [0.29, 0.717) is 18.5 Å². The van der Waals surface area contributed by atoms with E-state index in [-0.39, 0.29) is 18.8 Å². The molecule has 0 saturated heterocycles. The molecule has 0 radical (unpaired) electrons. The summed E-state index contributed by atoms with van der Waals surface area (Å²) in [5.41, 5.74) is 0.000719. The monoisotopic (exact) mass is 477 g/mol. The number of hydrogen-bond acceptors (Lipinski definition) is 5. The smallest absolute Gasteiger partial charge is 0.407 e. The van der Waals surface area contributed by atoms with Gasteiger partial charge in [0, 0.05) is 23.0 Å². The summed E-state index contributed by atoms with van der Waals surface area (Å²) in [6.45, 7) is 5.65. The van der Waals surface area contributed by atoms with Gasteiger partial charge in [-0.05, 0) is 62.6 Å². The lowest BCUT2D eigenvalue weighted by Crippen LogP contribution is -2.32. The number of ketones is 1. The lowest BCUT2D eigenvalue weighted by Gasteiger charge is -2.19. The normalized spacial score (nSPS) is 11.2. The third-order valence-electron chi connectivity index (χ3n) is 4.21. The lowest BCUT2D eigenvalue weighted by molar-refractivity contribution is -0.142. The van der Waals surface area contributed by atoms with Crippen molar-refractivity contribution in [1.29, 1.82) is 0 Å². The third-order valence-corrected chi connectivity index (χ3v) is 4.71. The van der Waals surface area contributed by atoms with Crippen LogP contribution in [0.2, 0.25) is 0 Å². The molecule has 0 aromatic heterocycles. The van der Waals surface area contributed by atoms with Gasteiger partial charge in [-0.2, -0.15) is 0 Å². The molecule has 162 valence electrons. The van der Waals surface area contributed by atoms with Crippen LogP contribution in [0, 0.1) is 0 Å². The number of carbonyl (C=O) groups is 3. The van der Waals surface area contributed by atoms with Crippen molar-refractivity contribution in [2.45, 2.75) is 52.1 Å². The minimum absolute atomic E-state index is 0.227. The van der Waals surface area contributed by atoms with E-state index >= 15 is 0 Å². The van der Waals surface area contributed by atoms with Crippen molar-refractivity contribution in [3.05, 3.63) is 46.4 Å². The molecule has 0 aliphatic rings. The predicted octanol–water partition coefficient (Wildman–Crippen LogP) is 5.41. The van der Waals surface area contributed by atoms with Crippen LogP contribution in [0.4, 0.5) is 4.79 Å². The lowest BCUT2D eigenvalue weighted by atomic mass is 10.0. The minimum Gasteiger partial charge on any atom is -0.457 e. The van der Waals surface area contributed by atoms with Gasteiger partial charge < -0.3 is 14.8 Å². The molecule has 0 heterocycles. The predicted molar refractivity (Wildman–Crippen MR) is 120 cm³/mol. The van der Waals surface area contributed by atoms with Crippen LogP contribution in [-0.2, 0) is 14.3 Å². The fourth-order valence-electron chi connectivity index (χ4n) is 2.77. The Kier molecular flexibility index (Phi) is 8.84. The van der Waals surface area contributed by atoms with Crippen LogP contribution in [0.1, 0.15) is 56.8 Å². The first-order valence-corrected chi connectivity index (χ1v) is 10.8. The number of rotatable bonds is 9. The quantitative estimate of drug-likeness (QED) is 0.296. The molecular weight excluding hydrogens is 450 g/mol. The van der Waals surface area contributed by atoms with Crippen molar-refractivity contribution in [3.63, 3.8) is 0 Å². The highest BCUT2D eigenvalue weighted by Crippen LogP contribution is 2.21. The van der Waals surface area contributed by atoms with Gasteiger partial charge >= 0.3 is 12.1 Å². The molecule has 2 aromatic rings. The summed E-state index contributed by atoms with van der Waals surface area (Å²) in [6.07, 6.45) is 1.93. The number of esters is 1. The molecule has 0 fully saturated rings. The van der Waals surface area contributed by atoms with Crippen LogP contribution in [0.3, 0.4) is 0 Å². The Hall–Kier alpha value is -2.41. The molecule has 6 nitrogen and oxygen atoms in total. The Balaban J connectivity index is 1.63. The second-order valence-electron chi connectivity index (χ2n) is 8.03. The zero-order valence-corrected chi connectivity index (χ0v) is 19.2. The zero-order valence-electron chi connectivity index (χ0n) is 17.6. The molecule has 2 rings (SSSR count). The molecule has 0 bridgehead atoms. The maximum Gasteiger partial charge on any atom is 0.407 e. The Morgan fingerprint density at radius 1 is 0.967 bits per heavy atom. The number of hydrogen-bond donors (Lipinski definition) is 1. The van der Waals surface area contributed by atoms with Crippen LogP contribution in [0.5, 0.6) is 0 Å².